The predicted octanol–water partition coefficient (Wildman–Crippen LogP) is 4.75. The maximum Gasteiger partial charge on any atom is 0.322 e. The van der Waals surface area contributed by atoms with Gasteiger partial charge in [0.1, 0.15) is 5.41 Å². The SMILES string of the molecule is CCOC(=O)C(CNCc1ccccc1)(c1ccccc1)c1ccccc1.Cl. The van der Waals surface area contributed by atoms with E-state index in [1.165, 1.54) is 5.56 Å². The number of ether oxygens (including phenoxy) is 1. The number of esters is 1. The van der Waals surface area contributed by atoms with E-state index in [4.69, 9.17) is 4.74 Å². The van der Waals surface area contributed by atoms with Crippen LogP contribution in [0.15, 0.2) is 91.0 Å². The second kappa shape index (κ2) is 10.6. The van der Waals surface area contributed by atoms with Crippen LogP contribution in [0.3, 0.4) is 0 Å². The topological polar surface area (TPSA) is 38.3 Å². The molecule has 0 aliphatic rings. The molecule has 0 saturated heterocycles. The fourth-order valence-electron chi connectivity index (χ4n) is 3.37. The van der Waals surface area contributed by atoms with Gasteiger partial charge >= 0.3 is 5.97 Å². The van der Waals surface area contributed by atoms with Crippen molar-refractivity contribution >= 4 is 18.4 Å². The number of halogens is 1. The van der Waals surface area contributed by atoms with E-state index in [1.807, 2.05) is 85.8 Å². The van der Waals surface area contributed by atoms with E-state index in [9.17, 15) is 4.79 Å². The van der Waals surface area contributed by atoms with Crippen molar-refractivity contribution < 1.29 is 9.53 Å². The highest BCUT2D eigenvalue weighted by atomic mass is 35.5. The van der Waals surface area contributed by atoms with Crippen LogP contribution in [0.2, 0.25) is 0 Å². The van der Waals surface area contributed by atoms with Gasteiger partial charge in [-0.2, -0.15) is 0 Å². The molecule has 0 heterocycles. The molecule has 0 atom stereocenters. The largest absolute Gasteiger partial charge is 0.465 e. The van der Waals surface area contributed by atoms with E-state index in [0.29, 0.717) is 19.7 Å². The van der Waals surface area contributed by atoms with Crippen LogP contribution in [-0.4, -0.2) is 19.1 Å². The van der Waals surface area contributed by atoms with Crippen LogP contribution in [0, 0.1) is 0 Å². The minimum Gasteiger partial charge on any atom is -0.465 e. The summed E-state index contributed by atoms with van der Waals surface area (Å²) in [5, 5.41) is 3.48. The van der Waals surface area contributed by atoms with Gasteiger partial charge in [0.2, 0.25) is 0 Å². The van der Waals surface area contributed by atoms with Crippen LogP contribution in [0.4, 0.5) is 0 Å². The molecule has 0 aliphatic carbocycles. The molecule has 0 saturated carbocycles. The van der Waals surface area contributed by atoms with E-state index in [0.717, 1.165) is 11.1 Å². The first kappa shape index (κ1) is 21.7. The van der Waals surface area contributed by atoms with Crippen molar-refractivity contribution in [2.75, 3.05) is 13.2 Å². The molecule has 0 aliphatic heterocycles. The van der Waals surface area contributed by atoms with Gasteiger partial charge in [0, 0.05) is 13.1 Å². The lowest BCUT2D eigenvalue weighted by Gasteiger charge is -2.33. The molecule has 3 aromatic carbocycles. The summed E-state index contributed by atoms with van der Waals surface area (Å²) in [5.74, 6) is -0.233. The Morgan fingerprint density at radius 3 is 1.75 bits per heavy atom. The Labute approximate surface area is 173 Å². The molecule has 0 bridgehead atoms. The third-order valence-corrected chi connectivity index (χ3v) is 4.72. The number of rotatable bonds is 8. The minimum absolute atomic E-state index is 0. The Bertz CT molecular complexity index is 799. The van der Waals surface area contributed by atoms with E-state index >= 15 is 0 Å². The van der Waals surface area contributed by atoms with Crippen molar-refractivity contribution in [1.29, 1.82) is 0 Å². The Balaban J connectivity index is 0.00000280. The second-order valence-corrected chi connectivity index (χ2v) is 6.45. The predicted molar refractivity (Wildman–Crippen MR) is 116 cm³/mol. The molecule has 28 heavy (non-hydrogen) atoms. The second-order valence-electron chi connectivity index (χ2n) is 6.45. The third-order valence-electron chi connectivity index (χ3n) is 4.72. The maximum atomic E-state index is 13.2. The van der Waals surface area contributed by atoms with Crippen LogP contribution in [0.5, 0.6) is 0 Å². The fourth-order valence-corrected chi connectivity index (χ4v) is 3.37. The average molecular weight is 396 g/mol. The number of carbonyl (C=O) groups excluding carboxylic acids is 1. The summed E-state index contributed by atoms with van der Waals surface area (Å²) in [6.45, 7) is 3.32. The van der Waals surface area contributed by atoms with Crippen LogP contribution >= 0.6 is 12.4 Å². The summed E-state index contributed by atoms with van der Waals surface area (Å²) in [6, 6.07) is 29.9. The lowest BCUT2D eigenvalue weighted by Crippen LogP contribution is -2.47. The van der Waals surface area contributed by atoms with Gasteiger partial charge < -0.3 is 10.1 Å². The summed E-state index contributed by atoms with van der Waals surface area (Å²) >= 11 is 0. The molecule has 3 rings (SSSR count). The van der Waals surface area contributed by atoms with Crippen molar-refractivity contribution in [2.24, 2.45) is 0 Å². The highest BCUT2D eigenvalue weighted by molar-refractivity contribution is 5.88. The highest BCUT2D eigenvalue weighted by Crippen LogP contribution is 2.33. The molecule has 0 unspecified atom stereocenters. The van der Waals surface area contributed by atoms with Crippen LogP contribution in [0.25, 0.3) is 0 Å². The monoisotopic (exact) mass is 395 g/mol. The molecule has 0 radical (unpaired) electrons. The first-order chi connectivity index (χ1) is 13.3. The molecular weight excluding hydrogens is 370 g/mol. The lowest BCUT2D eigenvalue weighted by atomic mass is 9.74. The number of benzene rings is 3. The number of carbonyl (C=O) groups is 1. The molecule has 3 aromatic rings. The molecular formula is C24H26ClNO2. The third kappa shape index (κ3) is 4.80. The first-order valence-corrected chi connectivity index (χ1v) is 9.30. The van der Waals surface area contributed by atoms with E-state index < -0.39 is 5.41 Å². The summed E-state index contributed by atoms with van der Waals surface area (Å²) in [6.07, 6.45) is 0. The van der Waals surface area contributed by atoms with Gasteiger partial charge in [-0.3, -0.25) is 4.79 Å². The summed E-state index contributed by atoms with van der Waals surface area (Å²) in [5.41, 5.74) is 2.13. The normalized spacial score (nSPS) is 10.8. The van der Waals surface area contributed by atoms with Crippen LogP contribution in [-0.2, 0) is 21.5 Å². The lowest BCUT2D eigenvalue weighted by molar-refractivity contribution is -0.148. The minimum atomic E-state index is -0.896. The molecule has 0 fully saturated rings. The van der Waals surface area contributed by atoms with Crippen LogP contribution < -0.4 is 5.32 Å². The van der Waals surface area contributed by atoms with Crippen molar-refractivity contribution in [3.8, 4) is 0 Å². The van der Waals surface area contributed by atoms with Gasteiger partial charge in [-0.05, 0) is 23.6 Å². The fraction of sp³-hybridized carbons (Fsp3) is 0.208. The average Bonchev–Trinajstić information content (AvgIpc) is 2.73. The van der Waals surface area contributed by atoms with Crippen molar-refractivity contribution in [3.05, 3.63) is 108 Å². The molecule has 4 heteroatoms. The molecule has 0 spiro atoms. The Hall–Kier alpha value is -2.62. The van der Waals surface area contributed by atoms with E-state index in [-0.39, 0.29) is 18.4 Å². The van der Waals surface area contributed by atoms with Gasteiger partial charge in [0.05, 0.1) is 6.61 Å². The molecule has 1 N–H and O–H groups in total. The number of hydrogen-bond acceptors (Lipinski definition) is 3. The van der Waals surface area contributed by atoms with Gasteiger partial charge in [0.25, 0.3) is 0 Å². The summed E-state index contributed by atoms with van der Waals surface area (Å²) in [4.78, 5) is 13.2. The van der Waals surface area contributed by atoms with Crippen molar-refractivity contribution in [1.82, 2.24) is 5.32 Å². The van der Waals surface area contributed by atoms with Gasteiger partial charge in [0.15, 0.2) is 0 Å². The zero-order chi connectivity index (χ0) is 19.0. The quantitative estimate of drug-likeness (QED) is 0.559. The maximum absolute atomic E-state index is 13.2. The first-order valence-electron chi connectivity index (χ1n) is 9.30. The van der Waals surface area contributed by atoms with Gasteiger partial charge in [-0.1, -0.05) is 91.0 Å². The summed E-state index contributed by atoms with van der Waals surface area (Å²) < 4.78 is 5.54. The highest BCUT2D eigenvalue weighted by Gasteiger charge is 2.43. The molecule has 3 nitrogen and oxygen atoms in total. The molecule has 0 amide bonds. The zero-order valence-electron chi connectivity index (χ0n) is 16.0. The number of nitrogens with one attached hydrogen (secondary N) is 1. The number of hydrogen-bond donors (Lipinski definition) is 1. The van der Waals surface area contributed by atoms with Gasteiger partial charge in [-0.15, -0.1) is 12.4 Å². The van der Waals surface area contributed by atoms with Crippen molar-refractivity contribution in [2.45, 2.75) is 18.9 Å². The van der Waals surface area contributed by atoms with Gasteiger partial charge in [-0.25, -0.2) is 0 Å². The Morgan fingerprint density at radius 1 is 0.821 bits per heavy atom. The summed E-state index contributed by atoms with van der Waals surface area (Å²) in [7, 11) is 0. The van der Waals surface area contributed by atoms with E-state index in [2.05, 4.69) is 17.4 Å². The Kier molecular flexibility index (Phi) is 8.24. The Morgan fingerprint density at radius 2 is 1.29 bits per heavy atom. The molecule has 0 aromatic heterocycles. The smallest absolute Gasteiger partial charge is 0.322 e. The standard InChI is InChI=1S/C24H25NO2.ClH/c1-2-27-23(26)24(21-14-8-4-9-15-21,22-16-10-5-11-17-22)19-25-18-20-12-6-3-7-13-20;/h3-17,25H,2,18-19H2,1H3;1H. The van der Waals surface area contributed by atoms with Crippen molar-refractivity contribution in [3.63, 3.8) is 0 Å². The van der Waals surface area contributed by atoms with Crippen LogP contribution in [0.1, 0.15) is 23.6 Å². The van der Waals surface area contributed by atoms with E-state index in [1.54, 1.807) is 0 Å². The zero-order valence-corrected chi connectivity index (χ0v) is 16.8. The molecule has 146 valence electrons.